The van der Waals surface area contributed by atoms with Crippen LogP contribution >= 0.6 is 0 Å². The van der Waals surface area contributed by atoms with E-state index < -0.39 is 27.3 Å². The van der Waals surface area contributed by atoms with E-state index in [9.17, 15) is 0 Å². The van der Waals surface area contributed by atoms with E-state index in [0.717, 1.165) is 0 Å². The first-order chi connectivity index (χ1) is 13.9. The Hall–Kier alpha value is -1.44. The fourth-order valence-corrected chi connectivity index (χ4v) is 17.2. The van der Waals surface area contributed by atoms with Gasteiger partial charge in [-0.25, -0.2) is 0 Å². The van der Waals surface area contributed by atoms with Crippen molar-refractivity contribution in [3.63, 3.8) is 0 Å². The molecule has 0 spiro atoms. The van der Waals surface area contributed by atoms with Gasteiger partial charge in [0.1, 0.15) is 0 Å². The summed E-state index contributed by atoms with van der Waals surface area (Å²) in [7, 11) is 0. The van der Waals surface area contributed by atoms with Gasteiger partial charge in [-0.2, -0.15) is 0 Å². The van der Waals surface area contributed by atoms with Gasteiger partial charge in [-0.1, -0.05) is 0 Å². The molecular weight excluding hydrogens is 503 g/mol. The summed E-state index contributed by atoms with van der Waals surface area (Å²) >= 11 is -0.780. The molecule has 0 N–H and O–H groups in total. The molecule has 0 aliphatic heterocycles. The van der Waals surface area contributed by atoms with Gasteiger partial charge in [0.15, 0.2) is 0 Å². The van der Waals surface area contributed by atoms with Crippen LogP contribution in [0.1, 0.15) is 14.8 Å². The van der Waals surface area contributed by atoms with Gasteiger partial charge < -0.3 is 24.8 Å². The van der Waals surface area contributed by atoms with Crippen LogP contribution in [0.5, 0.6) is 0 Å². The molecule has 2 aliphatic rings. The second-order valence-electron chi connectivity index (χ2n) is 7.25. The first-order valence-electron chi connectivity index (χ1n) is 9.80. The Bertz CT molecular complexity index is 1060. The molecule has 1 unspecified atom stereocenters. The average Bonchev–Trinajstić information content (AvgIpc) is 3.41. The van der Waals surface area contributed by atoms with Gasteiger partial charge in [0.2, 0.25) is 0 Å². The fourth-order valence-electron chi connectivity index (χ4n) is 4.14. The predicted octanol–water partition coefficient (Wildman–Crippen LogP) is -1.24. The molecule has 0 fully saturated rings. The van der Waals surface area contributed by atoms with Crippen molar-refractivity contribution in [1.29, 1.82) is 0 Å². The van der Waals surface area contributed by atoms with Crippen LogP contribution in [0.4, 0.5) is 0 Å². The van der Waals surface area contributed by atoms with Crippen LogP contribution in [-0.4, -0.2) is 5.43 Å². The maximum atomic E-state index is 2.49. The van der Waals surface area contributed by atoms with Crippen molar-refractivity contribution < 1.29 is 46.7 Å². The normalized spacial score (nSPS) is 16.1. The monoisotopic (exact) mass is 521 g/mol. The Labute approximate surface area is 202 Å². The summed E-state index contributed by atoms with van der Waals surface area (Å²) in [5.74, 6) is 0.480. The van der Waals surface area contributed by atoms with E-state index in [2.05, 4.69) is 115 Å². The first kappa shape index (κ1) is 23.2. The molecule has 0 amide bonds. The molecule has 4 heteroatoms. The van der Waals surface area contributed by atoms with Crippen molar-refractivity contribution in [3.05, 3.63) is 126 Å². The Kier molecular flexibility index (Phi) is 8.31. The van der Waals surface area contributed by atoms with E-state index in [0.29, 0.717) is 9.54 Å². The summed E-state index contributed by atoms with van der Waals surface area (Å²) in [4.78, 5) is 0. The molecule has 0 heterocycles. The van der Waals surface area contributed by atoms with Gasteiger partial charge in [-0.3, -0.25) is 0 Å². The number of halogens is 2. The summed E-state index contributed by atoms with van der Waals surface area (Å²) < 4.78 is 0.659. The van der Waals surface area contributed by atoms with Crippen molar-refractivity contribution in [1.82, 2.24) is 0 Å². The van der Waals surface area contributed by atoms with Gasteiger partial charge in [0.05, 0.1) is 0 Å². The predicted molar refractivity (Wildman–Crippen MR) is 117 cm³/mol. The number of benzene rings is 3. The second kappa shape index (κ2) is 10.7. The minimum Gasteiger partial charge on any atom is -1.00 e. The Morgan fingerprint density at radius 3 is 1.77 bits per heavy atom. The Morgan fingerprint density at radius 2 is 1.17 bits per heavy atom. The third-order valence-corrected chi connectivity index (χ3v) is 18.0. The minimum absolute atomic E-state index is 0. The van der Waals surface area contributed by atoms with Crippen LogP contribution in [0.3, 0.4) is 0 Å². The molecule has 30 heavy (non-hydrogen) atoms. The molecule has 0 bridgehead atoms. The van der Waals surface area contributed by atoms with E-state index in [1.54, 1.807) is 21.5 Å². The summed E-state index contributed by atoms with van der Waals surface area (Å²) in [5, 5.41) is 3.15. The number of hydrogen-bond acceptors (Lipinski definition) is 0. The van der Waals surface area contributed by atoms with Crippen LogP contribution in [0.2, 0.25) is 0 Å². The van der Waals surface area contributed by atoms with Gasteiger partial charge in [0, 0.05) is 0 Å². The summed E-state index contributed by atoms with van der Waals surface area (Å²) in [6.07, 6.45) is 11.6. The maximum Gasteiger partial charge on any atom is -1.00 e. The van der Waals surface area contributed by atoms with Gasteiger partial charge in [0.25, 0.3) is 0 Å². The van der Waals surface area contributed by atoms with E-state index in [-0.39, 0.29) is 24.8 Å². The molecule has 0 aromatic heterocycles. The van der Waals surface area contributed by atoms with Crippen molar-refractivity contribution in [3.8, 4) is 0 Å². The molecule has 3 aromatic carbocycles. The summed E-state index contributed by atoms with van der Waals surface area (Å²) in [5.41, 5.74) is 3.95. The van der Waals surface area contributed by atoms with Crippen molar-refractivity contribution in [2.45, 2.75) is 3.63 Å². The van der Waals surface area contributed by atoms with Crippen LogP contribution in [-0.2, 0) is 21.9 Å². The molecule has 0 saturated carbocycles. The number of hydrogen-bond donors (Lipinski definition) is 0. The van der Waals surface area contributed by atoms with Gasteiger partial charge in [-0.15, -0.1) is 0 Å². The molecule has 0 radical (unpaired) electrons. The molecule has 3 aromatic rings. The van der Waals surface area contributed by atoms with Gasteiger partial charge >= 0.3 is 179 Å². The second-order valence-corrected chi connectivity index (χ2v) is 16.7. The van der Waals surface area contributed by atoms with Gasteiger partial charge in [-0.05, 0) is 0 Å². The third-order valence-electron chi connectivity index (χ3n) is 5.51. The van der Waals surface area contributed by atoms with Crippen LogP contribution in [0, 0.1) is 5.92 Å². The molecule has 0 saturated heterocycles. The zero-order valence-electron chi connectivity index (χ0n) is 16.4. The third kappa shape index (κ3) is 4.73. The minimum atomic E-state index is -0.780. The van der Waals surface area contributed by atoms with E-state index in [4.69, 9.17) is 0 Å². The fraction of sp³-hybridized carbons (Fsp3) is 0.0769. The smallest absolute Gasteiger partial charge is 1.00 e. The maximum absolute atomic E-state index is 2.49. The molecule has 2 aliphatic carbocycles. The van der Waals surface area contributed by atoms with Crippen LogP contribution in [0.25, 0.3) is 6.08 Å². The molecule has 5 rings (SSSR count). The van der Waals surface area contributed by atoms with E-state index >= 15 is 0 Å². The van der Waals surface area contributed by atoms with Crippen LogP contribution in [0.15, 0.2) is 115 Å². The summed E-state index contributed by atoms with van der Waals surface area (Å²) in [6.45, 7) is 0. The molecule has 0 nitrogen and oxygen atoms in total. The largest absolute Gasteiger partial charge is 1.00 e. The van der Waals surface area contributed by atoms with Crippen molar-refractivity contribution in [2.24, 2.45) is 5.92 Å². The van der Waals surface area contributed by atoms with Crippen molar-refractivity contribution in [2.75, 3.05) is 0 Å². The number of rotatable bonds is 4. The standard InChI is InChI=1S/C14H11.C12H10Si.2ClH.Zr/c1-2-6-11(5-1)14-9-12-7-3-4-8-13(12)10-14;1-3-7-11(8-4-1)13-12-9-5-2-6-10-12;;;/h1-11H;1-10H;2*1H;/q;;;;+2/p-2. The van der Waals surface area contributed by atoms with E-state index in [1.807, 2.05) is 0 Å². The van der Waals surface area contributed by atoms with E-state index in [1.165, 1.54) is 5.56 Å². The Balaban J connectivity index is 0.00000128. The average molecular weight is 524 g/mol. The van der Waals surface area contributed by atoms with Crippen molar-refractivity contribution >= 4 is 21.9 Å². The number of fused-ring (bicyclic) bond motifs is 1. The zero-order valence-corrected chi connectivity index (χ0v) is 21.4. The topological polar surface area (TPSA) is 0 Å². The summed E-state index contributed by atoms with van der Waals surface area (Å²) in [6, 6.07) is 31.7. The first-order valence-corrected chi connectivity index (χ1v) is 16.4. The Morgan fingerprint density at radius 1 is 0.633 bits per heavy atom. The molecule has 147 valence electrons. The SMILES string of the molecule is C1=CC(C2=Cc3ccccc3[CH]2[Zr+2]=[Si](c2ccccc2)c2ccccc2)C=C1.[Cl-].[Cl-]. The molecule has 1 atom stereocenters. The van der Waals surface area contributed by atoms with Crippen LogP contribution < -0.4 is 35.2 Å². The zero-order chi connectivity index (χ0) is 18.8. The number of allylic oxidation sites excluding steroid dienone is 5. The molecular formula is C26H21Cl2SiZr. The quantitative estimate of drug-likeness (QED) is 0.376.